The highest BCUT2D eigenvalue weighted by molar-refractivity contribution is 5.79. The van der Waals surface area contributed by atoms with Crippen LogP contribution in [-0.2, 0) is 17.8 Å². The fraction of sp³-hybridized carbons (Fsp3) is 0.381. The molecule has 0 saturated carbocycles. The van der Waals surface area contributed by atoms with E-state index in [1.165, 1.54) is 0 Å². The fourth-order valence-corrected chi connectivity index (χ4v) is 3.16. The van der Waals surface area contributed by atoms with Crippen molar-refractivity contribution in [2.45, 2.75) is 32.5 Å². The van der Waals surface area contributed by atoms with Crippen LogP contribution in [0.4, 0.5) is 0 Å². The molecule has 1 aliphatic heterocycles. The second-order valence-corrected chi connectivity index (χ2v) is 7.08. The van der Waals surface area contributed by atoms with E-state index in [9.17, 15) is 0 Å². The number of nitrogens with one attached hydrogen (secondary N) is 3. The van der Waals surface area contributed by atoms with E-state index in [0.717, 1.165) is 29.9 Å². The van der Waals surface area contributed by atoms with Crippen molar-refractivity contribution in [3.63, 3.8) is 0 Å². The summed E-state index contributed by atoms with van der Waals surface area (Å²) in [7, 11) is 1.73. The molecule has 30 heavy (non-hydrogen) atoms. The minimum absolute atomic E-state index is 0.109. The van der Waals surface area contributed by atoms with Gasteiger partial charge in [0, 0.05) is 25.6 Å². The van der Waals surface area contributed by atoms with Crippen molar-refractivity contribution in [1.82, 2.24) is 25.8 Å². The molecule has 9 heteroatoms. The largest absolute Gasteiger partial charge is 0.488 e. The van der Waals surface area contributed by atoms with Gasteiger partial charge in [-0.25, -0.2) is 4.98 Å². The lowest BCUT2D eigenvalue weighted by atomic mass is 10.1. The summed E-state index contributed by atoms with van der Waals surface area (Å²) in [4.78, 5) is 8.70. The van der Waals surface area contributed by atoms with Gasteiger partial charge in [0.15, 0.2) is 11.7 Å². The van der Waals surface area contributed by atoms with Crippen LogP contribution in [0, 0.1) is 6.92 Å². The Morgan fingerprint density at radius 1 is 1.30 bits per heavy atom. The van der Waals surface area contributed by atoms with E-state index in [4.69, 9.17) is 13.9 Å². The van der Waals surface area contributed by atoms with Gasteiger partial charge in [0.1, 0.15) is 17.7 Å². The van der Waals surface area contributed by atoms with Crippen molar-refractivity contribution in [2.75, 3.05) is 20.3 Å². The zero-order valence-corrected chi connectivity index (χ0v) is 17.1. The van der Waals surface area contributed by atoms with Gasteiger partial charge in [-0.05, 0) is 30.7 Å². The highest BCUT2D eigenvalue weighted by atomic mass is 16.5. The third-order valence-electron chi connectivity index (χ3n) is 4.77. The Hall–Kier alpha value is -3.33. The number of aliphatic imine (C=N–C) groups is 1. The molecule has 3 heterocycles. The molecule has 1 fully saturated rings. The minimum atomic E-state index is 0.109. The molecular weight excluding hydrogens is 384 g/mol. The predicted molar refractivity (Wildman–Crippen MR) is 112 cm³/mol. The van der Waals surface area contributed by atoms with Gasteiger partial charge in [-0.15, -0.1) is 5.10 Å². The number of rotatable bonds is 7. The van der Waals surface area contributed by atoms with Gasteiger partial charge in [-0.3, -0.25) is 10.1 Å². The fourth-order valence-electron chi connectivity index (χ4n) is 3.16. The lowest BCUT2D eigenvalue weighted by Crippen LogP contribution is -2.36. The van der Waals surface area contributed by atoms with Crippen LogP contribution in [-0.4, -0.2) is 47.5 Å². The van der Waals surface area contributed by atoms with Crippen molar-refractivity contribution in [3.8, 4) is 17.3 Å². The van der Waals surface area contributed by atoms with Crippen molar-refractivity contribution in [3.05, 3.63) is 53.5 Å². The molecule has 158 valence electrons. The maximum atomic E-state index is 6.16. The van der Waals surface area contributed by atoms with Gasteiger partial charge in [0.05, 0.1) is 26.0 Å². The molecule has 0 aliphatic carbocycles. The lowest BCUT2D eigenvalue weighted by molar-refractivity contribution is 0.140. The molecule has 1 aromatic carbocycles. The summed E-state index contributed by atoms with van der Waals surface area (Å²) in [6.07, 6.45) is 2.62. The molecule has 4 rings (SSSR count). The monoisotopic (exact) mass is 410 g/mol. The Balaban J connectivity index is 1.33. The summed E-state index contributed by atoms with van der Waals surface area (Å²) in [5, 5.41) is 13.6. The second kappa shape index (κ2) is 9.45. The molecule has 0 bridgehead atoms. The molecule has 9 nitrogen and oxygen atoms in total. The number of guanidine groups is 1. The van der Waals surface area contributed by atoms with Crippen molar-refractivity contribution < 1.29 is 13.9 Å². The van der Waals surface area contributed by atoms with E-state index in [0.29, 0.717) is 43.1 Å². The minimum Gasteiger partial charge on any atom is -0.488 e. The zero-order valence-electron chi connectivity index (χ0n) is 17.1. The number of benzene rings is 1. The number of aromatic amines is 1. The summed E-state index contributed by atoms with van der Waals surface area (Å²) in [5.74, 6) is 3.37. The first-order valence-corrected chi connectivity index (χ1v) is 9.95. The average Bonchev–Trinajstić information content (AvgIpc) is 3.52. The van der Waals surface area contributed by atoms with Crippen LogP contribution in [0.5, 0.6) is 5.75 Å². The summed E-state index contributed by atoms with van der Waals surface area (Å²) in [6.45, 7) is 4.48. The lowest BCUT2D eigenvalue weighted by Gasteiger charge is -2.18. The normalized spacial score (nSPS) is 16.6. The van der Waals surface area contributed by atoms with E-state index < -0.39 is 0 Å². The van der Waals surface area contributed by atoms with E-state index in [1.54, 1.807) is 19.4 Å². The molecule has 1 saturated heterocycles. The Bertz CT molecular complexity index is 977. The van der Waals surface area contributed by atoms with Crippen LogP contribution in [0.1, 0.15) is 23.4 Å². The Labute approximate surface area is 174 Å². The average molecular weight is 410 g/mol. The van der Waals surface area contributed by atoms with Gasteiger partial charge in [-0.1, -0.05) is 12.1 Å². The molecule has 1 aliphatic rings. The molecule has 1 unspecified atom stereocenters. The van der Waals surface area contributed by atoms with Crippen LogP contribution in [0.25, 0.3) is 11.6 Å². The van der Waals surface area contributed by atoms with Gasteiger partial charge in [0.2, 0.25) is 5.82 Å². The number of aromatic nitrogens is 3. The summed E-state index contributed by atoms with van der Waals surface area (Å²) in [6, 6.07) is 9.84. The number of furan rings is 1. The molecular formula is C21H26N6O3. The highest BCUT2D eigenvalue weighted by Crippen LogP contribution is 2.23. The van der Waals surface area contributed by atoms with Crippen molar-refractivity contribution in [1.29, 1.82) is 0 Å². The van der Waals surface area contributed by atoms with E-state index in [1.807, 2.05) is 6.07 Å². The highest BCUT2D eigenvalue weighted by Gasteiger charge is 2.19. The predicted octanol–water partition coefficient (Wildman–Crippen LogP) is 2.41. The van der Waals surface area contributed by atoms with Gasteiger partial charge in [0.25, 0.3) is 0 Å². The van der Waals surface area contributed by atoms with Crippen LogP contribution in [0.15, 0.2) is 46.0 Å². The standard InChI is InChI=1S/C21H26N6O3/c1-14-5-6-15(18(10-14)30-16-7-9-28-13-16)11-23-21(22-2)24-12-19-25-20(27-26-19)17-4-3-8-29-17/h3-6,8,10,16H,7,9,11-13H2,1-2H3,(H2,22,23,24)(H,25,26,27). The first kappa shape index (κ1) is 20.0. The van der Waals surface area contributed by atoms with Crippen LogP contribution >= 0.6 is 0 Å². The van der Waals surface area contributed by atoms with Crippen LogP contribution in [0.3, 0.4) is 0 Å². The quantitative estimate of drug-likeness (QED) is 0.405. The third-order valence-corrected chi connectivity index (χ3v) is 4.77. The first-order chi connectivity index (χ1) is 14.7. The SMILES string of the molecule is CN=C(NCc1nc(-c2ccco2)n[nH]1)NCc1ccc(C)cc1OC1CCOC1. The second-order valence-electron chi connectivity index (χ2n) is 7.08. The van der Waals surface area contributed by atoms with Crippen molar-refractivity contribution in [2.24, 2.45) is 4.99 Å². The van der Waals surface area contributed by atoms with Gasteiger partial charge in [-0.2, -0.15) is 0 Å². The molecule has 3 N–H and O–H groups in total. The number of hydrogen-bond donors (Lipinski definition) is 3. The van der Waals surface area contributed by atoms with Crippen LogP contribution < -0.4 is 15.4 Å². The Morgan fingerprint density at radius 3 is 2.97 bits per heavy atom. The topological polar surface area (TPSA) is 110 Å². The molecule has 1 atom stereocenters. The number of hydrogen-bond acceptors (Lipinski definition) is 6. The van der Waals surface area contributed by atoms with Gasteiger partial charge >= 0.3 is 0 Å². The molecule has 0 spiro atoms. The van der Waals surface area contributed by atoms with Crippen LogP contribution in [0.2, 0.25) is 0 Å². The molecule has 0 radical (unpaired) electrons. The number of aryl methyl sites for hydroxylation is 1. The molecule has 3 aromatic rings. The smallest absolute Gasteiger partial charge is 0.216 e. The van der Waals surface area contributed by atoms with Crippen molar-refractivity contribution >= 4 is 5.96 Å². The number of H-pyrrole nitrogens is 1. The summed E-state index contributed by atoms with van der Waals surface area (Å²) < 4.78 is 16.9. The molecule has 2 aromatic heterocycles. The van der Waals surface area contributed by atoms with E-state index >= 15 is 0 Å². The number of nitrogens with zero attached hydrogens (tertiary/aromatic N) is 3. The third kappa shape index (κ3) is 4.98. The molecule has 0 amide bonds. The zero-order chi connectivity index (χ0) is 20.8. The first-order valence-electron chi connectivity index (χ1n) is 9.95. The van der Waals surface area contributed by atoms with E-state index in [2.05, 4.69) is 55.9 Å². The summed E-state index contributed by atoms with van der Waals surface area (Å²) in [5.41, 5.74) is 2.23. The number of ether oxygens (including phenoxy) is 2. The Morgan fingerprint density at radius 2 is 2.20 bits per heavy atom. The van der Waals surface area contributed by atoms with E-state index in [-0.39, 0.29) is 6.10 Å². The van der Waals surface area contributed by atoms with Gasteiger partial charge < -0.3 is 24.5 Å². The summed E-state index contributed by atoms with van der Waals surface area (Å²) >= 11 is 0. The Kier molecular flexibility index (Phi) is 6.29. The maximum Gasteiger partial charge on any atom is 0.216 e. The maximum absolute atomic E-state index is 6.16.